The van der Waals surface area contributed by atoms with Gasteiger partial charge in [0.2, 0.25) is 6.41 Å². The molecule has 3 atom stereocenters. The van der Waals surface area contributed by atoms with Gasteiger partial charge in [0, 0.05) is 61.5 Å². The van der Waals surface area contributed by atoms with Crippen molar-refractivity contribution in [3.8, 4) is 5.75 Å². The number of hydrazine groups is 1. The van der Waals surface area contributed by atoms with Gasteiger partial charge in [0.05, 0.1) is 19.8 Å². The molecule has 56 heavy (non-hydrogen) atoms. The van der Waals surface area contributed by atoms with Crippen LogP contribution in [0.25, 0.3) is 0 Å². The van der Waals surface area contributed by atoms with E-state index in [2.05, 4.69) is 69.0 Å². The number of nitrogens with zero attached hydrogens (tertiary/aromatic N) is 5. The van der Waals surface area contributed by atoms with Gasteiger partial charge in [-0.25, -0.2) is 28.7 Å². The highest BCUT2D eigenvalue weighted by molar-refractivity contribution is 5.89. The molecule has 2 saturated heterocycles. The molecule has 15 heteroatoms. The molecule has 304 valence electrons. The lowest BCUT2D eigenvalue weighted by Crippen LogP contribution is -2.46. The summed E-state index contributed by atoms with van der Waals surface area (Å²) in [6.45, 7) is 13.3. The molecule has 4 aromatic rings. The average Bonchev–Trinajstić information content (AvgIpc) is 3.88. The summed E-state index contributed by atoms with van der Waals surface area (Å²) in [5.41, 5.74) is 6.44. The fourth-order valence-corrected chi connectivity index (χ4v) is 6.33. The first kappa shape index (κ1) is 43.4. The summed E-state index contributed by atoms with van der Waals surface area (Å²) in [6.07, 6.45) is 6.96. The van der Waals surface area contributed by atoms with Crippen LogP contribution in [0.15, 0.2) is 79.4 Å². The zero-order valence-electron chi connectivity index (χ0n) is 32.8. The summed E-state index contributed by atoms with van der Waals surface area (Å²) in [7, 11) is 0. The number of piperazine rings is 1. The highest BCUT2D eigenvalue weighted by Gasteiger charge is 2.44. The number of benzene rings is 3. The number of nitrogens with one attached hydrogen (secondary N) is 3. The van der Waals surface area contributed by atoms with Gasteiger partial charge in [0.15, 0.2) is 0 Å². The first-order chi connectivity index (χ1) is 27.1. The molecule has 13 nitrogen and oxygen atoms in total. The third-order valence-electron chi connectivity index (χ3n) is 9.54. The molecule has 3 amide bonds. The Morgan fingerprint density at radius 3 is 2.20 bits per heavy atom. The molecule has 0 radical (unpaired) electrons. The summed E-state index contributed by atoms with van der Waals surface area (Å²) < 4.78 is 42.5. The molecule has 0 aliphatic carbocycles. The van der Waals surface area contributed by atoms with Crippen molar-refractivity contribution in [2.24, 2.45) is 11.8 Å². The number of ether oxygens (including phenoxy) is 2. The minimum atomic E-state index is -0.975. The quantitative estimate of drug-likeness (QED) is 0.0832. The van der Waals surface area contributed by atoms with Crippen LogP contribution in [-0.2, 0) is 21.7 Å². The normalized spacial score (nSPS) is 18.1. The summed E-state index contributed by atoms with van der Waals surface area (Å²) in [4.78, 5) is 30.6. The zero-order valence-corrected chi connectivity index (χ0v) is 32.8. The topological polar surface area (TPSA) is 146 Å². The number of urea groups is 1. The second kappa shape index (κ2) is 22.3. The number of hydrogen-bond acceptors (Lipinski definition) is 9. The molecule has 1 unspecified atom stereocenters. The van der Waals surface area contributed by atoms with E-state index < -0.39 is 23.3 Å². The number of anilines is 3. The first-order valence-corrected chi connectivity index (χ1v) is 19.2. The average molecular weight is 779 g/mol. The van der Waals surface area contributed by atoms with Crippen molar-refractivity contribution >= 4 is 29.5 Å². The maximum Gasteiger partial charge on any atom is 0.337 e. The molecule has 2 fully saturated rings. The Balaban J connectivity index is 0.000000698. The fourth-order valence-electron chi connectivity index (χ4n) is 6.33. The monoisotopic (exact) mass is 778 g/mol. The Hall–Kier alpha value is -5.28. The third-order valence-corrected chi connectivity index (χ3v) is 9.54. The van der Waals surface area contributed by atoms with Crippen molar-refractivity contribution in [3.63, 3.8) is 0 Å². The van der Waals surface area contributed by atoms with Crippen LogP contribution in [-0.4, -0.2) is 78.3 Å². The van der Waals surface area contributed by atoms with Crippen molar-refractivity contribution in [2.45, 2.75) is 65.5 Å². The van der Waals surface area contributed by atoms with Crippen molar-refractivity contribution < 1.29 is 33.0 Å². The second-order valence-corrected chi connectivity index (χ2v) is 14.0. The lowest BCUT2D eigenvalue weighted by atomic mass is 9.85. The maximum atomic E-state index is 14.9. The highest BCUT2D eigenvalue weighted by Crippen LogP contribution is 2.43. The minimum absolute atomic E-state index is 0.122. The third kappa shape index (κ3) is 12.9. The van der Waals surface area contributed by atoms with E-state index in [1.54, 1.807) is 11.0 Å². The van der Waals surface area contributed by atoms with E-state index in [9.17, 15) is 18.4 Å². The zero-order chi connectivity index (χ0) is 40.3. The molecule has 3 aromatic carbocycles. The van der Waals surface area contributed by atoms with Gasteiger partial charge < -0.3 is 29.7 Å². The number of rotatable bonds is 14. The van der Waals surface area contributed by atoms with E-state index in [0.29, 0.717) is 56.2 Å². The molecular formula is C41H56F2N8O5. The molecule has 0 saturated carbocycles. The standard InChI is InChI=1S/C33H36F2N8O4.C5H12O.C3H8/c34-25-1-10-30(31(35)17-25)33(20-43-22-36-21-38-43)18-24(19-47-33)11-16-46-29-8-6-28(7-9-29)42-14-12-41(13-15-42)27-4-2-26(3-5-27)39-32(45)40-37-23-44;1-3-5(2)4-6;1-3-2/h1-10,17,21-24H,11-16,18-20H2,(H,37,44)(H2,39,40,45);5-6H,3-4H2,1-2H3;3H2,1-2H3/t24-,33-;;/m0../s1. The second-order valence-electron chi connectivity index (χ2n) is 14.0. The SMILES string of the molecule is CCC.CCC(C)CO.O=CNNC(=O)Nc1ccc(N2CCN(c3ccc(OCC[C@@H]4CO[C@@](Cn5cncn5)(c5ccc(F)cc5F)C4)cc3)CC2)cc1. The van der Waals surface area contributed by atoms with Gasteiger partial charge in [-0.1, -0.05) is 46.6 Å². The summed E-state index contributed by atoms with van der Waals surface area (Å²) in [6, 6.07) is 18.7. The van der Waals surface area contributed by atoms with E-state index in [0.717, 1.165) is 55.8 Å². The molecular weight excluding hydrogens is 722 g/mol. The number of aromatic nitrogens is 3. The van der Waals surface area contributed by atoms with Crippen LogP contribution in [0.3, 0.4) is 0 Å². The number of aliphatic hydroxyl groups excluding tert-OH is 1. The summed E-state index contributed by atoms with van der Waals surface area (Å²) in [5, 5.41) is 15.2. The van der Waals surface area contributed by atoms with E-state index in [1.807, 2.05) is 43.3 Å². The minimum Gasteiger partial charge on any atom is -0.494 e. The molecule has 0 spiro atoms. The number of carbonyl (C=O) groups excluding carboxylic acids is 2. The van der Waals surface area contributed by atoms with Gasteiger partial charge in [-0.3, -0.25) is 10.2 Å². The molecule has 1 aromatic heterocycles. The van der Waals surface area contributed by atoms with E-state index in [1.165, 1.54) is 24.9 Å². The Morgan fingerprint density at radius 1 is 1.02 bits per heavy atom. The van der Waals surface area contributed by atoms with Crippen LogP contribution in [0.1, 0.15) is 58.9 Å². The van der Waals surface area contributed by atoms with Crippen molar-refractivity contribution in [1.29, 1.82) is 0 Å². The van der Waals surface area contributed by atoms with Crippen molar-refractivity contribution in [1.82, 2.24) is 25.6 Å². The largest absolute Gasteiger partial charge is 0.494 e. The van der Waals surface area contributed by atoms with Crippen molar-refractivity contribution in [3.05, 3.63) is 96.6 Å². The van der Waals surface area contributed by atoms with Crippen LogP contribution < -0.4 is 30.7 Å². The maximum absolute atomic E-state index is 14.9. The lowest BCUT2D eigenvalue weighted by molar-refractivity contribution is -0.110. The van der Waals surface area contributed by atoms with Gasteiger partial charge in [0.25, 0.3) is 0 Å². The smallest absolute Gasteiger partial charge is 0.337 e. The predicted molar refractivity (Wildman–Crippen MR) is 213 cm³/mol. The van der Waals surface area contributed by atoms with E-state index in [-0.39, 0.29) is 12.5 Å². The molecule has 4 N–H and O–H groups in total. The van der Waals surface area contributed by atoms with Gasteiger partial charge in [-0.05, 0) is 79.3 Å². The molecule has 0 bridgehead atoms. The Morgan fingerprint density at radius 2 is 1.66 bits per heavy atom. The lowest BCUT2D eigenvalue weighted by Gasteiger charge is -2.37. The van der Waals surface area contributed by atoms with Crippen LogP contribution in [0, 0.1) is 23.5 Å². The molecule has 3 heterocycles. The van der Waals surface area contributed by atoms with Crippen LogP contribution >= 0.6 is 0 Å². The van der Waals surface area contributed by atoms with Crippen molar-refractivity contribution in [2.75, 3.05) is 61.1 Å². The number of carbonyl (C=O) groups is 2. The Labute approximate surface area is 328 Å². The van der Waals surface area contributed by atoms with Gasteiger partial charge in [-0.15, -0.1) is 0 Å². The van der Waals surface area contributed by atoms with E-state index >= 15 is 0 Å². The molecule has 2 aliphatic rings. The summed E-state index contributed by atoms with van der Waals surface area (Å²) >= 11 is 0. The fraction of sp³-hybridized carbons (Fsp3) is 0.463. The highest BCUT2D eigenvalue weighted by atomic mass is 19.1. The number of aliphatic hydroxyl groups is 1. The molecule has 6 rings (SSSR count). The number of halogens is 2. The van der Waals surface area contributed by atoms with Gasteiger partial charge in [0.1, 0.15) is 35.6 Å². The van der Waals surface area contributed by atoms with Gasteiger partial charge in [-0.2, -0.15) is 5.10 Å². The Kier molecular flexibility index (Phi) is 17.3. The van der Waals surface area contributed by atoms with E-state index in [4.69, 9.17) is 14.6 Å². The molecule has 2 aliphatic heterocycles. The van der Waals surface area contributed by atoms with Gasteiger partial charge >= 0.3 is 6.03 Å². The predicted octanol–water partition coefficient (Wildman–Crippen LogP) is 6.51. The van der Waals surface area contributed by atoms with Crippen LogP contribution in [0.4, 0.5) is 30.6 Å². The number of hydrogen-bond donors (Lipinski definition) is 4. The van der Waals surface area contributed by atoms with Crippen LogP contribution in [0.2, 0.25) is 0 Å². The first-order valence-electron chi connectivity index (χ1n) is 19.2. The van der Waals surface area contributed by atoms with Crippen LogP contribution in [0.5, 0.6) is 5.75 Å². The number of amides is 3. The summed E-state index contributed by atoms with van der Waals surface area (Å²) in [5.74, 6) is 0.120. The Bertz CT molecular complexity index is 1740.